The number of benzene rings is 3. The monoisotopic (exact) mass is 571 g/mol. The van der Waals surface area contributed by atoms with E-state index in [9.17, 15) is 9.59 Å². The van der Waals surface area contributed by atoms with Gasteiger partial charge in [0.15, 0.2) is 0 Å². The molecule has 33 heavy (non-hydrogen) atoms. The Labute approximate surface area is 209 Å². The summed E-state index contributed by atoms with van der Waals surface area (Å²) in [5.74, 6) is 0.157. The van der Waals surface area contributed by atoms with E-state index < -0.39 is 0 Å². The molecule has 0 aromatic heterocycles. The average Bonchev–Trinajstić information content (AvgIpc) is 2.80. The number of carbonyl (C=O) groups excluding carboxylic acids is 2. The first-order valence-electron chi connectivity index (χ1n) is 10.2. The van der Waals surface area contributed by atoms with Crippen molar-refractivity contribution in [2.24, 2.45) is 5.10 Å². The first-order chi connectivity index (χ1) is 15.9. The van der Waals surface area contributed by atoms with E-state index in [1.165, 1.54) is 6.21 Å². The third-order valence-corrected chi connectivity index (χ3v) is 5.81. The highest BCUT2D eigenvalue weighted by molar-refractivity contribution is 9.10. The van der Waals surface area contributed by atoms with Crippen LogP contribution in [0, 0.1) is 6.92 Å². The van der Waals surface area contributed by atoms with Crippen LogP contribution in [0.5, 0.6) is 5.75 Å². The number of hydrazone groups is 1. The number of amides is 2. The van der Waals surface area contributed by atoms with Crippen molar-refractivity contribution in [1.82, 2.24) is 5.43 Å². The molecule has 0 fully saturated rings. The summed E-state index contributed by atoms with van der Waals surface area (Å²) < 4.78 is 7.65. The number of ether oxygens (including phenoxy) is 1. The molecule has 3 rings (SSSR count). The molecule has 2 N–H and O–H groups in total. The Bertz CT molecular complexity index is 1150. The van der Waals surface area contributed by atoms with Gasteiger partial charge in [0, 0.05) is 23.0 Å². The summed E-state index contributed by atoms with van der Waals surface area (Å²) in [6.07, 6.45) is 1.65. The van der Waals surface area contributed by atoms with Gasteiger partial charge in [0.1, 0.15) is 12.4 Å². The normalized spacial score (nSPS) is 10.8. The van der Waals surface area contributed by atoms with Crippen LogP contribution in [-0.4, -0.2) is 18.0 Å². The van der Waals surface area contributed by atoms with Gasteiger partial charge in [-0.3, -0.25) is 9.59 Å². The molecule has 0 radical (unpaired) electrons. The summed E-state index contributed by atoms with van der Waals surface area (Å²) in [6.45, 7) is 2.36. The molecule has 0 saturated heterocycles. The summed E-state index contributed by atoms with van der Waals surface area (Å²) in [5, 5.41) is 6.77. The van der Waals surface area contributed by atoms with Gasteiger partial charge in [-0.05, 0) is 75.9 Å². The lowest BCUT2D eigenvalue weighted by Crippen LogP contribution is -2.20. The van der Waals surface area contributed by atoms with Crippen molar-refractivity contribution >= 4 is 55.6 Å². The van der Waals surface area contributed by atoms with Crippen LogP contribution in [0.1, 0.15) is 29.5 Å². The van der Waals surface area contributed by atoms with Crippen molar-refractivity contribution in [2.45, 2.75) is 26.4 Å². The highest BCUT2D eigenvalue weighted by atomic mass is 79.9. The number of rotatable bonds is 9. The smallest absolute Gasteiger partial charge is 0.240 e. The number of para-hydroxylation sites is 1. The minimum Gasteiger partial charge on any atom is -0.488 e. The van der Waals surface area contributed by atoms with Gasteiger partial charge in [0.2, 0.25) is 11.8 Å². The third-order valence-electron chi connectivity index (χ3n) is 4.66. The zero-order chi connectivity index (χ0) is 23.6. The molecule has 0 bridgehead atoms. The molecule has 8 heteroatoms. The molecule has 0 atom stereocenters. The van der Waals surface area contributed by atoms with Crippen LogP contribution >= 0.6 is 31.9 Å². The second-order valence-corrected chi connectivity index (χ2v) is 9.03. The Morgan fingerprint density at radius 3 is 2.42 bits per heavy atom. The zero-order valence-electron chi connectivity index (χ0n) is 18.0. The van der Waals surface area contributed by atoms with Crippen molar-refractivity contribution in [3.63, 3.8) is 0 Å². The molecule has 2 amide bonds. The molecule has 3 aromatic rings. The maximum absolute atomic E-state index is 12.0. The first kappa shape index (κ1) is 24.7. The Kier molecular flexibility index (Phi) is 9.21. The van der Waals surface area contributed by atoms with Crippen LogP contribution in [0.15, 0.2) is 80.8 Å². The number of halogens is 2. The maximum Gasteiger partial charge on any atom is 0.240 e. The Balaban J connectivity index is 1.43. The lowest BCUT2D eigenvalue weighted by atomic mass is 10.2. The van der Waals surface area contributed by atoms with Gasteiger partial charge < -0.3 is 10.1 Å². The second-order valence-electron chi connectivity index (χ2n) is 7.26. The number of anilines is 1. The number of aryl methyl sites for hydroxylation is 1. The Morgan fingerprint density at radius 2 is 1.70 bits per heavy atom. The van der Waals surface area contributed by atoms with Gasteiger partial charge >= 0.3 is 0 Å². The molecule has 6 nitrogen and oxygen atoms in total. The van der Waals surface area contributed by atoms with E-state index in [-0.39, 0.29) is 24.7 Å². The minimum atomic E-state index is -0.334. The van der Waals surface area contributed by atoms with Gasteiger partial charge in [-0.1, -0.05) is 46.3 Å². The zero-order valence-corrected chi connectivity index (χ0v) is 21.1. The molecule has 0 aliphatic rings. The number of nitrogens with zero attached hydrogens (tertiary/aromatic N) is 1. The Morgan fingerprint density at radius 1 is 0.970 bits per heavy atom. The van der Waals surface area contributed by atoms with Crippen molar-refractivity contribution in [3.05, 3.63) is 92.4 Å². The third kappa shape index (κ3) is 8.14. The van der Waals surface area contributed by atoms with Gasteiger partial charge in [-0.2, -0.15) is 5.10 Å². The fourth-order valence-electron chi connectivity index (χ4n) is 2.84. The minimum absolute atomic E-state index is 0.0432. The van der Waals surface area contributed by atoms with Gasteiger partial charge in [0.05, 0.1) is 10.7 Å². The molecule has 0 aliphatic carbocycles. The molecule has 0 spiro atoms. The highest BCUT2D eigenvalue weighted by Crippen LogP contribution is 2.26. The number of carbonyl (C=O) groups is 2. The van der Waals surface area contributed by atoms with Crippen molar-refractivity contribution < 1.29 is 14.3 Å². The molecular formula is C25H23Br2N3O3. The van der Waals surface area contributed by atoms with Crippen molar-refractivity contribution in [2.75, 3.05) is 5.32 Å². The van der Waals surface area contributed by atoms with Crippen LogP contribution < -0.4 is 15.5 Å². The van der Waals surface area contributed by atoms with Crippen molar-refractivity contribution in [3.8, 4) is 5.75 Å². The van der Waals surface area contributed by atoms with E-state index in [0.29, 0.717) is 12.4 Å². The molecule has 0 saturated carbocycles. The largest absolute Gasteiger partial charge is 0.488 e. The number of hydrogen-bond acceptors (Lipinski definition) is 4. The standard InChI is InChI=1S/C25H23Br2N3O3/c1-17-4-2-3-5-22(17)29-24(31)12-13-25(32)30-28-15-19-8-11-23(21(27)14-19)33-16-18-6-9-20(26)10-7-18/h2-11,14-15H,12-13,16H2,1H3,(H,29,31)(H,30,32). The lowest BCUT2D eigenvalue weighted by molar-refractivity contribution is -0.124. The predicted molar refractivity (Wildman–Crippen MR) is 137 cm³/mol. The molecule has 170 valence electrons. The first-order valence-corrected chi connectivity index (χ1v) is 11.8. The molecule has 0 heterocycles. The van der Waals surface area contributed by atoms with Crippen LogP contribution in [-0.2, 0) is 16.2 Å². The summed E-state index contributed by atoms with van der Waals surface area (Å²) in [7, 11) is 0. The fourth-order valence-corrected chi connectivity index (χ4v) is 3.62. The summed E-state index contributed by atoms with van der Waals surface area (Å²) in [6, 6.07) is 20.9. The van der Waals surface area contributed by atoms with E-state index in [0.717, 1.165) is 31.3 Å². The van der Waals surface area contributed by atoms with Gasteiger partial charge in [0.25, 0.3) is 0 Å². The van der Waals surface area contributed by atoms with E-state index >= 15 is 0 Å². The van der Waals surface area contributed by atoms with Crippen LogP contribution in [0.3, 0.4) is 0 Å². The van der Waals surface area contributed by atoms with Crippen LogP contribution in [0.2, 0.25) is 0 Å². The van der Waals surface area contributed by atoms with E-state index in [2.05, 4.69) is 47.7 Å². The number of hydrogen-bond donors (Lipinski definition) is 2. The molecule has 3 aromatic carbocycles. The quantitative estimate of drug-likeness (QED) is 0.245. The Hall–Kier alpha value is -2.97. The summed E-state index contributed by atoms with van der Waals surface area (Å²) >= 11 is 6.92. The topological polar surface area (TPSA) is 79.8 Å². The van der Waals surface area contributed by atoms with Crippen LogP contribution in [0.4, 0.5) is 5.69 Å². The van der Waals surface area contributed by atoms with E-state index in [1.807, 2.05) is 73.7 Å². The van der Waals surface area contributed by atoms with Crippen LogP contribution in [0.25, 0.3) is 0 Å². The predicted octanol–water partition coefficient (Wildman–Crippen LogP) is 5.97. The summed E-state index contributed by atoms with van der Waals surface area (Å²) in [4.78, 5) is 24.0. The fraction of sp³-hybridized carbons (Fsp3) is 0.160. The molecular weight excluding hydrogens is 550 g/mol. The van der Waals surface area contributed by atoms with Crippen molar-refractivity contribution in [1.29, 1.82) is 0 Å². The van der Waals surface area contributed by atoms with E-state index in [4.69, 9.17) is 4.74 Å². The lowest BCUT2D eigenvalue weighted by Gasteiger charge is -2.09. The SMILES string of the molecule is Cc1ccccc1NC(=O)CCC(=O)NN=Cc1ccc(OCc2ccc(Br)cc2)c(Br)c1. The average molecular weight is 573 g/mol. The highest BCUT2D eigenvalue weighted by Gasteiger charge is 2.08. The van der Waals surface area contributed by atoms with Gasteiger partial charge in [-0.25, -0.2) is 5.43 Å². The van der Waals surface area contributed by atoms with Gasteiger partial charge in [-0.15, -0.1) is 0 Å². The second kappa shape index (κ2) is 12.3. The summed E-state index contributed by atoms with van der Waals surface area (Å²) in [5.41, 5.74) is 6.01. The maximum atomic E-state index is 12.0. The number of nitrogens with one attached hydrogen (secondary N) is 2. The molecule has 0 unspecified atom stereocenters. The van der Waals surface area contributed by atoms with E-state index in [1.54, 1.807) is 0 Å². The molecule has 0 aliphatic heterocycles.